The van der Waals surface area contributed by atoms with Gasteiger partial charge in [-0.05, 0) is 29.8 Å². The Bertz CT molecular complexity index is 666. The van der Waals surface area contributed by atoms with Gasteiger partial charge in [0.2, 0.25) is 0 Å². The minimum atomic E-state index is -3.18. The Hall–Kier alpha value is -1.65. The van der Waals surface area contributed by atoms with Crippen molar-refractivity contribution in [3.63, 3.8) is 0 Å². The van der Waals surface area contributed by atoms with Crippen LogP contribution in [0.2, 0.25) is 0 Å². The summed E-state index contributed by atoms with van der Waals surface area (Å²) in [4.78, 5) is 0.355. The highest BCUT2D eigenvalue weighted by Gasteiger charge is 2.15. The summed E-state index contributed by atoms with van der Waals surface area (Å²) >= 11 is 0. The minimum absolute atomic E-state index is 0.00269. The van der Waals surface area contributed by atoms with Crippen LogP contribution in [-0.2, 0) is 9.84 Å². The first-order valence-electron chi connectivity index (χ1n) is 6.60. The second-order valence-corrected chi connectivity index (χ2v) is 6.76. The Morgan fingerprint density at radius 1 is 1.00 bits per heavy atom. The van der Waals surface area contributed by atoms with Gasteiger partial charge in [0, 0.05) is 6.26 Å². The molecule has 0 spiro atoms. The van der Waals surface area contributed by atoms with Crippen LogP contribution in [0.3, 0.4) is 0 Å². The first-order chi connectivity index (χ1) is 9.52. The van der Waals surface area contributed by atoms with E-state index in [2.05, 4.69) is 5.32 Å². The summed E-state index contributed by atoms with van der Waals surface area (Å²) in [6.07, 6.45) is 1.23. The van der Waals surface area contributed by atoms with Crippen LogP contribution in [-0.4, -0.2) is 21.2 Å². The van der Waals surface area contributed by atoms with E-state index in [4.69, 9.17) is 0 Å². The van der Waals surface area contributed by atoms with Gasteiger partial charge in [0.25, 0.3) is 0 Å². The van der Waals surface area contributed by atoms with Crippen LogP contribution in [0.1, 0.15) is 24.1 Å². The molecule has 0 aromatic heterocycles. The van der Waals surface area contributed by atoms with E-state index in [9.17, 15) is 8.42 Å². The highest BCUT2D eigenvalue weighted by atomic mass is 32.2. The number of nitrogens with one attached hydrogen (secondary N) is 1. The zero-order valence-corrected chi connectivity index (χ0v) is 12.5. The van der Waals surface area contributed by atoms with Crippen LogP contribution < -0.4 is 5.32 Å². The number of rotatable bonds is 5. The molecule has 0 fully saturated rings. The van der Waals surface area contributed by atoms with Crippen LogP contribution in [0.4, 0.5) is 0 Å². The molecule has 2 aromatic rings. The fraction of sp³-hybridized carbons (Fsp3) is 0.250. The molecule has 4 heteroatoms. The lowest BCUT2D eigenvalue weighted by Crippen LogP contribution is -2.22. The van der Waals surface area contributed by atoms with Crippen LogP contribution >= 0.6 is 0 Å². The van der Waals surface area contributed by atoms with Crippen molar-refractivity contribution >= 4 is 9.84 Å². The fourth-order valence-electron chi connectivity index (χ4n) is 2.20. The second-order valence-electron chi connectivity index (χ2n) is 4.75. The van der Waals surface area contributed by atoms with E-state index in [1.807, 2.05) is 43.3 Å². The van der Waals surface area contributed by atoms with Crippen LogP contribution in [0.25, 0.3) is 0 Å². The average Bonchev–Trinajstić information content (AvgIpc) is 2.45. The maximum absolute atomic E-state index is 11.7. The maximum atomic E-state index is 11.7. The molecule has 2 rings (SSSR count). The SMILES string of the molecule is CCNC(c1ccccc1)c1cccc(S(C)(=O)=O)c1. The first-order valence-corrected chi connectivity index (χ1v) is 8.50. The Balaban J connectivity index is 2.45. The maximum Gasteiger partial charge on any atom is 0.175 e. The standard InChI is InChI=1S/C16H19NO2S/c1-3-17-16(13-8-5-4-6-9-13)14-10-7-11-15(12-14)20(2,18)19/h4-12,16-17H,3H2,1-2H3. The molecular weight excluding hydrogens is 270 g/mol. The monoisotopic (exact) mass is 289 g/mol. The molecule has 3 nitrogen and oxygen atoms in total. The van der Waals surface area contributed by atoms with Gasteiger partial charge in [0.1, 0.15) is 0 Å². The fourth-order valence-corrected chi connectivity index (χ4v) is 2.88. The van der Waals surface area contributed by atoms with Gasteiger partial charge in [-0.3, -0.25) is 0 Å². The van der Waals surface area contributed by atoms with Crippen molar-refractivity contribution in [1.82, 2.24) is 5.32 Å². The summed E-state index contributed by atoms with van der Waals surface area (Å²) < 4.78 is 23.4. The molecule has 1 N–H and O–H groups in total. The van der Waals surface area contributed by atoms with E-state index in [0.717, 1.165) is 17.7 Å². The van der Waals surface area contributed by atoms with Crippen molar-refractivity contribution < 1.29 is 8.42 Å². The van der Waals surface area contributed by atoms with E-state index in [0.29, 0.717) is 4.90 Å². The zero-order chi connectivity index (χ0) is 14.6. The van der Waals surface area contributed by atoms with Crippen molar-refractivity contribution in [3.8, 4) is 0 Å². The van der Waals surface area contributed by atoms with E-state index < -0.39 is 9.84 Å². The number of sulfone groups is 1. The normalized spacial score (nSPS) is 13.1. The minimum Gasteiger partial charge on any atom is -0.307 e. The second kappa shape index (κ2) is 6.20. The molecule has 1 unspecified atom stereocenters. The predicted molar refractivity (Wildman–Crippen MR) is 81.5 cm³/mol. The van der Waals surface area contributed by atoms with Gasteiger partial charge in [-0.1, -0.05) is 49.4 Å². The molecule has 0 heterocycles. The molecule has 0 amide bonds. The molecule has 0 saturated heterocycles. The lowest BCUT2D eigenvalue weighted by Gasteiger charge is -2.19. The third-order valence-electron chi connectivity index (χ3n) is 3.16. The quantitative estimate of drug-likeness (QED) is 0.920. The van der Waals surface area contributed by atoms with Crippen LogP contribution in [0, 0.1) is 0 Å². The number of benzene rings is 2. The summed E-state index contributed by atoms with van der Waals surface area (Å²) in [7, 11) is -3.18. The summed E-state index contributed by atoms with van der Waals surface area (Å²) in [5.74, 6) is 0. The van der Waals surface area contributed by atoms with Gasteiger partial charge in [-0.15, -0.1) is 0 Å². The van der Waals surface area contributed by atoms with E-state index in [1.165, 1.54) is 6.26 Å². The largest absolute Gasteiger partial charge is 0.307 e. The topological polar surface area (TPSA) is 46.2 Å². The first kappa shape index (κ1) is 14.8. The van der Waals surface area contributed by atoms with Crippen molar-refractivity contribution in [2.75, 3.05) is 12.8 Å². The molecule has 106 valence electrons. The highest BCUT2D eigenvalue weighted by molar-refractivity contribution is 7.90. The summed E-state index contributed by atoms with van der Waals surface area (Å²) in [6.45, 7) is 2.85. The van der Waals surface area contributed by atoms with Gasteiger partial charge in [0.05, 0.1) is 10.9 Å². The Morgan fingerprint density at radius 3 is 2.25 bits per heavy atom. The molecule has 0 radical (unpaired) electrons. The van der Waals surface area contributed by atoms with Gasteiger partial charge in [-0.25, -0.2) is 8.42 Å². The Kier molecular flexibility index (Phi) is 4.57. The van der Waals surface area contributed by atoms with Crippen molar-refractivity contribution in [3.05, 3.63) is 65.7 Å². The molecule has 0 aliphatic carbocycles. The molecule has 2 aromatic carbocycles. The van der Waals surface area contributed by atoms with Gasteiger partial charge >= 0.3 is 0 Å². The molecule has 0 aliphatic rings. The van der Waals surface area contributed by atoms with E-state index >= 15 is 0 Å². The summed E-state index contributed by atoms with van der Waals surface area (Å²) in [5, 5.41) is 3.40. The predicted octanol–water partition coefficient (Wildman–Crippen LogP) is 2.79. The zero-order valence-electron chi connectivity index (χ0n) is 11.7. The Morgan fingerprint density at radius 2 is 1.65 bits per heavy atom. The summed E-state index contributed by atoms with van der Waals surface area (Å²) in [6, 6.07) is 17.2. The number of hydrogen-bond acceptors (Lipinski definition) is 3. The van der Waals surface area contributed by atoms with E-state index in [-0.39, 0.29) is 6.04 Å². The number of hydrogen-bond donors (Lipinski definition) is 1. The highest BCUT2D eigenvalue weighted by Crippen LogP contribution is 2.24. The molecule has 0 aliphatic heterocycles. The van der Waals surface area contributed by atoms with E-state index in [1.54, 1.807) is 18.2 Å². The van der Waals surface area contributed by atoms with Gasteiger partial charge in [0.15, 0.2) is 9.84 Å². The van der Waals surface area contributed by atoms with Crippen molar-refractivity contribution in [2.45, 2.75) is 17.9 Å². The molecule has 0 bridgehead atoms. The van der Waals surface area contributed by atoms with Gasteiger partial charge < -0.3 is 5.32 Å². The summed E-state index contributed by atoms with van der Waals surface area (Å²) in [5.41, 5.74) is 2.08. The molecule has 1 atom stereocenters. The van der Waals surface area contributed by atoms with Crippen LogP contribution in [0.5, 0.6) is 0 Å². The molecule has 0 saturated carbocycles. The molecular formula is C16H19NO2S. The van der Waals surface area contributed by atoms with Crippen molar-refractivity contribution in [1.29, 1.82) is 0 Å². The Labute approximate surface area is 120 Å². The smallest absolute Gasteiger partial charge is 0.175 e. The lowest BCUT2D eigenvalue weighted by atomic mass is 9.99. The average molecular weight is 289 g/mol. The van der Waals surface area contributed by atoms with Gasteiger partial charge in [-0.2, -0.15) is 0 Å². The third-order valence-corrected chi connectivity index (χ3v) is 4.27. The van der Waals surface area contributed by atoms with Crippen molar-refractivity contribution in [2.24, 2.45) is 0 Å². The third kappa shape index (κ3) is 3.46. The van der Waals surface area contributed by atoms with Crippen LogP contribution in [0.15, 0.2) is 59.5 Å². The molecule has 20 heavy (non-hydrogen) atoms. The lowest BCUT2D eigenvalue weighted by molar-refractivity contribution is 0.600.